The summed E-state index contributed by atoms with van der Waals surface area (Å²) >= 11 is 0. The Kier molecular flexibility index (Phi) is 21.1. The number of nitrogens with zero attached hydrogens (tertiary/aromatic N) is 4. The first kappa shape index (κ1) is 53.7. The maximum atomic E-state index is 13.6. The predicted molar refractivity (Wildman–Crippen MR) is 224 cm³/mol. The van der Waals surface area contributed by atoms with Crippen molar-refractivity contribution < 1.29 is 63.0 Å². The average molecular weight is 853 g/mol. The third-order valence-electron chi connectivity index (χ3n) is 8.38. The van der Waals surface area contributed by atoms with E-state index >= 15 is 0 Å². The number of carboxylic acid groups (broad SMARTS) is 2. The van der Waals surface area contributed by atoms with Crippen molar-refractivity contribution in [3.63, 3.8) is 0 Å². The number of carbonyl (C=O) groups excluding carboxylic acids is 4. The zero-order chi connectivity index (χ0) is 46.2. The number of likely N-dealkylation sites (N-methyl/N-ethyl adjacent to an activating group) is 1. The van der Waals surface area contributed by atoms with Crippen LogP contribution in [0.25, 0.3) is 0 Å². The summed E-state index contributed by atoms with van der Waals surface area (Å²) in [7, 11) is 0. The van der Waals surface area contributed by atoms with Crippen LogP contribution in [0.4, 0.5) is 0 Å². The lowest BCUT2D eigenvalue weighted by atomic mass is 10.0. The van der Waals surface area contributed by atoms with Crippen LogP contribution >= 0.6 is 0 Å². The van der Waals surface area contributed by atoms with Gasteiger partial charge in [-0.2, -0.15) is 0 Å². The number of ether oxygens (including phenoxy) is 4. The molecular formula is C43H72N4O13. The second kappa shape index (κ2) is 23.6. The van der Waals surface area contributed by atoms with E-state index in [4.69, 9.17) is 18.9 Å². The second-order valence-corrected chi connectivity index (χ2v) is 18.9. The lowest BCUT2D eigenvalue weighted by molar-refractivity contribution is -0.161. The van der Waals surface area contributed by atoms with Gasteiger partial charge in [0.15, 0.2) is 5.92 Å². The van der Waals surface area contributed by atoms with Gasteiger partial charge in [0.2, 0.25) is 0 Å². The molecule has 0 saturated carbocycles. The van der Waals surface area contributed by atoms with Crippen LogP contribution in [-0.2, 0) is 54.1 Å². The first-order valence-electron chi connectivity index (χ1n) is 20.4. The summed E-state index contributed by atoms with van der Waals surface area (Å²) < 4.78 is 22.5. The van der Waals surface area contributed by atoms with Crippen LogP contribution in [0.2, 0.25) is 0 Å². The van der Waals surface area contributed by atoms with Gasteiger partial charge in [-0.05, 0) is 114 Å². The van der Waals surface area contributed by atoms with Gasteiger partial charge in [0.25, 0.3) is 0 Å². The molecule has 0 aliphatic rings. The largest absolute Gasteiger partial charge is 0.508 e. The Bertz CT molecular complexity index is 1540. The fourth-order valence-corrected chi connectivity index (χ4v) is 6.00. The molecule has 0 spiro atoms. The number of phenols is 1. The molecule has 1 aromatic rings. The van der Waals surface area contributed by atoms with Gasteiger partial charge < -0.3 is 34.3 Å². The molecular weight excluding hydrogens is 780 g/mol. The summed E-state index contributed by atoms with van der Waals surface area (Å²) in [4.78, 5) is 83.8. The highest BCUT2D eigenvalue weighted by molar-refractivity contribution is 5.93. The van der Waals surface area contributed by atoms with Gasteiger partial charge in [-0.3, -0.25) is 48.4 Å². The topological polar surface area (TPSA) is 213 Å². The Labute approximate surface area is 356 Å². The third-order valence-corrected chi connectivity index (χ3v) is 8.38. The number of hydrogen-bond acceptors (Lipinski definition) is 15. The number of esters is 4. The molecule has 17 nitrogen and oxygen atoms in total. The van der Waals surface area contributed by atoms with E-state index in [1.165, 1.54) is 17.0 Å². The molecule has 0 saturated heterocycles. The van der Waals surface area contributed by atoms with Crippen LogP contribution in [0.5, 0.6) is 5.75 Å². The third kappa shape index (κ3) is 24.7. The SMILES string of the molecule is CCN(CCN(CC(=O)OC(C)(C)C)CC(Cc1ccc(O)cc1)N(CCN(CC(=O)OC(C)(C)C)CC(C(=O)O)C(=O)O)CC(=O)OC(C)(C)C)CC(=O)OC(C)(C)C. The molecule has 0 amide bonds. The number of benzene rings is 1. The Morgan fingerprint density at radius 2 is 0.883 bits per heavy atom. The van der Waals surface area contributed by atoms with Crippen LogP contribution in [0.1, 0.15) is 95.6 Å². The zero-order valence-electron chi connectivity index (χ0n) is 38.2. The summed E-state index contributed by atoms with van der Waals surface area (Å²) in [6.45, 7) is 22.6. The molecule has 3 N–H and O–H groups in total. The van der Waals surface area contributed by atoms with Crippen molar-refractivity contribution in [3.05, 3.63) is 29.8 Å². The van der Waals surface area contributed by atoms with Crippen LogP contribution < -0.4 is 0 Å². The first-order chi connectivity index (χ1) is 27.3. The summed E-state index contributed by atoms with van der Waals surface area (Å²) in [5.74, 6) is -7.19. The average Bonchev–Trinajstić information content (AvgIpc) is 3.03. The van der Waals surface area contributed by atoms with Gasteiger partial charge in [-0.15, -0.1) is 0 Å². The molecule has 1 atom stereocenters. The van der Waals surface area contributed by atoms with Gasteiger partial charge in [0.05, 0.1) is 26.2 Å². The Balaban J connectivity index is 3.80. The van der Waals surface area contributed by atoms with Crippen molar-refractivity contribution in [1.82, 2.24) is 19.6 Å². The van der Waals surface area contributed by atoms with E-state index in [-0.39, 0.29) is 58.0 Å². The van der Waals surface area contributed by atoms with Gasteiger partial charge in [-0.25, -0.2) is 0 Å². The van der Waals surface area contributed by atoms with Gasteiger partial charge in [0, 0.05) is 45.3 Å². The number of carboxylic acids is 2. The number of rotatable bonds is 24. The van der Waals surface area contributed by atoms with E-state index < -0.39 is 83.3 Å². The molecule has 60 heavy (non-hydrogen) atoms. The van der Waals surface area contributed by atoms with E-state index in [1.807, 2.05) is 16.7 Å². The van der Waals surface area contributed by atoms with E-state index in [9.17, 15) is 44.1 Å². The molecule has 0 aliphatic heterocycles. The molecule has 0 aliphatic carbocycles. The minimum Gasteiger partial charge on any atom is -0.508 e. The molecule has 0 heterocycles. The molecule has 342 valence electrons. The minimum absolute atomic E-state index is 0.0107. The highest BCUT2D eigenvalue weighted by Gasteiger charge is 2.33. The fourth-order valence-electron chi connectivity index (χ4n) is 6.00. The predicted octanol–water partition coefficient (Wildman–Crippen LogP) is 3.68. The van der Waals surface area contributed by atoms with Gasteiger partial charge in [0.1, 0.15) is 28.2 Å². The quantitative estimate of drug-likeness (QED) is 0.0769. The number of aromatic hydroxyl groups is 1. The van der Waals surface area contributed by atoms with E-state index in [0.29, 0.717) is 13.1 Å². The first-order valence-corrected chi connectivity index (χ1v) is 20.4. The molecule has 0 radical (unpaired) electrons. The van der Waals surface area contributed by atoms with Gasteiger partial charge >= 0.3 is 35.8 Å². The van der Waals surface area contributed by atoms with E-state index in [2.05, 4.69) is 0 Å². The summed E-state index contributed by atoms with van der Waals surface area (Å²) in [6.07, 6.45) is 0.280. The smallest absolute Gasteiger partial charge is 0.320 e. The molecule has 0 bridgehead atoms. The summed E-state index contributed by atoms with van der Waals surface area (Å²) in [5, 5.41) is 29.6. The lowest BCUT2D eigenvalue weighted by Gasteiger charge is -2.37. The lowest BCUT2D eigenvalue weighted by Crippen LogP contribution is -2.53. The van der Waals surface area contributed by atoms with Crippen LogP contribution in [0, 0.1) is 5.92 Å². The molecule has 0 aromatic heterocycles. The zero-order valence-corrected chi connectivity index (χ0v) is 38.2. The molecule has 1 rings (SSSR count). The highest BCUT2D eigenvalue weighted by atomic mass is 16.6. The van der Waals surface area contributed by atoms with Crippen molar-refractivity contribution in [3.8, 4) is 5.75 Å². The highest BCUT2D eigenvalue weighted by Crippen LogP contribution is 2.18. The number of phenolic OH excluding ortho intramolecular Hbond substituents is 1. The van der Waals surface area contributed by atoms with Crippen LogP contribution in [0.3, 0.4) is 0 Å². The Morgan fingerprint density at radius 1 is 0.533 bits per heavy atom. The minimum atomic E-state index is -1.87. The molecule has 1 aromatic carbocycles. The maximum absolute atomic E-state index is 13.6. The standard InChI is InChI=1S/C43H72N4O13/c1-14-44(26-34(49)57-40(2,3)4)19-20-45(27-35(50)58-41(5,6)7)24-31(23-30-15-17-32(48)18-16-30)47(29-37(52)60-43(11,12)13)22-21-46(25-33(38(53)54)39(55)56)28-36(51)59-42(8,9)10/h15-18,31,33,48H,14,19-29H2,1-13H3,(H,53,54)(H,55,56). The maximum Gasteiger partial charge on any atom is 0.320 e. The van der Waals surface area contributed by atoms with E-state index in [1.54, 1.807) is 100 Å². The molecule has 17 heteroatoms. The fraction of sp³-hybridized carbons (Fsp3) is 0.721. The van der Waals surface area contributed by atoms with Crippen LogP contribution in [-0.4, -0.2) is 171 Å². The number of aliphatic carboxylic acids is 2. The monoisotopic (exact) mass is 853 g/mol. The van der Waals surface area contributed by atoms with Crippen molar-refractivity contribution in [2.24, 2.45) is 5.92 Å². The van der Waals surface area contributed by atoms with E-state index in [0.717, 1.165) is 5.56 Å². The van der Waals surface area contributed by atoms with Crippen molar-refractivity contribution in [1.29, 1.82) is 0 Å². The molecule has 1 unspecified atom stereocenters. The summed E-state index contributed by atoms with van der Waals surface area (Å²) in [6, 6.07) is 5.93. The number of hydrogen-bond donors (Lipinski definition) is 3. The second-order valence-electron chi connectivity index (χ2n) is 18.9. The van der Waals surface area contributed by atoms with Crippen LogP contribution in [0.15, 0.2) is 24.3 Å². The van der Waals surface area contributed by atoms with Crippen molar-refractivity contribution in [2.75, 3.05) is 72.0 Å². The van der Waals surface area contributed by atoms with Crippen molar-refractivity contribution in [2.45, 2.75) is 125 Å². The Hall–Kier alpha value is -4.32. The Morgan fingerprint density at radius 3 is 1.27 bits per heavy atom. The normalized spacial score (nSPS) is 13.2. The molecule has 0 fully saturated rings. The van der Waals surface area contributed by atoms with Gasteiger partial charge in [-0.1, -0.05) is 19.1 Å². The number of carbonyl (C=O) groups is 6. The summed E-state index contributed by atoms with van der Waals surface area (Å²) in [5.41, 5.74) is -2.42. The van der Waals surface area contributed by atoms with Crippen molar-refractivity contribution >= 4 is 35.8 Å².